The summed E-state index contributed by atoms with van der Waals surface area (Å²) in [7, 11) is 0. The van der Waals surface area contributed by atoms with E-state index in [0.717, 1.165) is 32.5 Å². The highest BCUT2D eigenvalue weighted by Gasteiger charge is 2.25. The second-order valence-electron chi connectivity index (χ2n) is 5.49. The van der Waals surface area contributed by atoms with Crippen molar-refractivity contribution in [3.63, 3.8) is 0 Å². The van der Waals surface area contributed by atoms with Crippen molar-refractivity contribution in [1.29, 1.82) is 5.26 Å². The quantitative estimate of drug-likeness (QED) is 0.279. The normalized spacial score (nSPS) is 16.8. The van der Waals surface area contributed by atoms with Crippen LogP contribution in [0, 0.1) is 23.2 Å². The number of carbonyl (C=O) groups is 1. The van der Waals surface area contributed by atoms with Crippen LogP contribution in [0.15, 0.2) is 29.3 Å². The topological polar surface area (TPSA) is 94.5 Å². The molecule has 0 unspecified atom stereocenters. The molecule has 7 heteroatoms. The number of halogens is 1. The van der Waals surface area contributed by atoms with Crippen LogP contribution in [0.4, 0.5) is 4.39 Å². The van der Waals surface area contributed by atoms with Crippen LogP contribution in [0.2, 0.25) is 0 Å². The zero-order valence-electron chi connectivity index (χ0n) is 12.8. The van der Waals surface area contributed by atoms with Gasteiger partial charge in [0.25, 0.3) is 0 Å². The van der Waals surface area contributed by atoms with Crippen LogP contribution in [0.3, 0.4) is 0 Å². The molecule has 1 heterocycles. The summed E-state index contributed by atoms with van der Waals surface area (Å²) in [6, 6.07) is 5.73. The number of nitrogens with zero attached hydrogens (tertiary/aromatic N) is 3. The molecule has 0 atom stereocenters. The summed E-state index contributed by atoms with van der Waals surface area (Å²) in [5, 5.41) is 10.7. The van der Waals surface area contributed by atoms with Gasteiger partial charge in [0.2, 0.25) is 5.96 Å². The molecule has 0 spiro atoms. The van der Waals surface area contributed by atoms with Gasteiger partial charge in [0.15, 0.2) is 12.0 Å². The van der Waals surface area contributed by atoms with E-state index >= 15 is 0 Å². The largest absolute Gasteiger partial charge is 0.369 e. The Balaban J connectivity index is 1.77. The van der Waals surface area contributed by atoms with E-state index < -0.39 is 0 Å². The summed E-state index contributed by atoms with van der Waals surface area (Å²) >= 11 is 0. The highest BCUT2D eigenvalue weighted by molar-refractivity contribution is 5.97. The fourth-order valence-corrected chi connectivity index (χ4v) is 2.68. The maximum Gasteiger partial charge on any atom is 0.202 e. The van der Waals surface area contributed by atoms with Gasteiger partial charge < -0.3 is 10.6 Å². The van der Waals surface area contributed by atoms with E-state index in [2.05, 4.69) is 15.2 Å². The van der Waals surface area contributed by atoms with Crippen molar-refractivity contribution in [3.8, 4) is 6.19 Å². The van der Waals surface area contributed by atoms with Gasteiger partial charge >= 0.3 is 0 Å². The van der Waals surface area contributed by atoms with Crippen molar-refractivity contribution >= 4 is 11.7 Å². The number of benzene rings is 1. The molecule has 0 aliphatic carbocycles. The molecule has 0 bridgehead atoms. The lowest BCUT2D eigenvalue weighted by Crippen LogP contribution is -2.38. The molecule has 0 amide bonds. The molecule has 1 fully saturated rings. The number of hydrogen-bond donors (Lipinski definition) is 2. The molecule has 23 heavy (non-hydrogen) atoms. The van der Waals surface area contributed by atoms with Gasteiger partial charge in [-0.05, 0) is 50.2 Å². The van der Waals surface area contributed by atoms with Crippen molar-refractivity contribution in [2.45, 2.75) is 12.8 Å². The van der Waals surface area contributed by atoms with Crippen LogP contribution >= 0.6 is 0 Å². The van der Waals surface area contributed by atoms with Crippen LogP contribution in [0.25, 0.3) is 0 Å². The molecule has 1 aromatic carbocycles. The molecule has 2 rings (SSSR count). The maximum absolute atomic E-state index is 12.9. The summed E-state index contributed by atoms with van der Waals surface area (Å²) in [5.41, 5.74) is 6.04. The smallest absolute Gasteiger partial charge is 0.202 e. The van der Waals surface area contributed by atoms with Crippen molar-refractivity contribution in [1.82, 2.24) is 10.2 Å². The summed E-state index contributed by atoms with van der Waals surface area (Å²) < 4.78 is 12.9. The summed E-state index contributed by atoms with van der Waals surface area (Å²) in [5.74, 6) is -0.133. The number of nitriles is 1. The summed E-state index contributed by atoms with van der Waals surface area (Å²) in [4.78, 5) is 18.6. The number of guanidine groups is 1. The number of piperidine rings is 1. The number of Topliss-reactive ketones (excluding diaryl/α,β-unsaturated/α-hetero) is 1. The lowest BCUT2D eigenvalue weighted by atomic mass is 9.89. The lowest BCUT2D eigenvalue weighted by molar-refractivity contribution is 0.0842. The van der Waals surface area contributed by atoms with Crippen LogP contribution in [0.1, 0.15) is 23.2 Å². The van der Waals surface area contributed by atoms with Gasteiger partial charge in [-0.2, -0.15) is 5.26 Å². The standard InChI is InChI=1S/C16H20FN5O/c17-14-3-1-12(2-4-14)15(23)13-5-8-22(9-6-13)10-7-20-16(19)21-11-18/h1-4,13H,5-10H2,(H3,19,20,21). The van der Waals surface area contributed by atoms with Gasteiger partial charge in [0.1, 0.15) is 5.82 Å². The molecule has 0 aromatic heterocycles. The fraction of sp³-hybridized carbons (Fsp3) is 0.438. The van der Waals surface area contributed by atoms with Gasteiger partial charge in [-0.25, -0.2) is 4.39 Å². The SMILES string of the molecule is N#CNC(N)=NCCN1CCC(C(=O)c2ccc(F)cc2)CC1. The highest BCUT2D eigenvalue weighted by atomic mass is 19.1. The molecule has 0 radical (unpaired) electrons. The van der Waals surface area contributed by atoms with Gasteiger partial charge in [-0.3, -0.25) is 15.1 Å². The van der Waals surface area contributed by atoms with Crippen molar-refractivity contribution in [2.24, 2.45) is 16.6 Å². The highest BCUT2D eigenvalue weighted by Crippen LogP contribution is 2.21. The molecular weight excluding hydrogens is 297 g/mol. The molecule has 3 N–H and O–H groups in total. The molecule has 1 aliphatic heterocycles. The molecule has 1 aromatic rings. The van der Waals surface area contributed by atoms with Gasteiger partial charge in [0.05, 0.1) is 6.54 Å². The third-order valence-electron chi connectivity index (χ3n) is 3.97. The van der Waals surface area contributed by atoms with E-state index in [1.165, 1.54) is 12.1 Å². The molecule has 1 saturated heterocycles. The van der Waals surface area contributed by atoms with Crippen molar-refractivity contribution in [3.05, 3.63) is 35.6 Å². The van der Waals surface area contributed by atoms with E-state index in [9.17, 15) is 9.18 Å². The molecular formula is C16H20FN5O. The predicted molar refractivity (Wildman–Crippen MR) is 85.1 cm³/mol. The van der Waals surface area contributed by atoms with Crippen molar-refractivity contribution < 1.29 is 9.18 Å². The van der Waals surface area contributed by atoms with Gasteiger partial charge in [0, 0.05) is 18.0 Å². The van der Waals surface area contributed by atoms with Crippen molar-refractivity contribution in [2.75, 3.05) is 26.2 Å². The van der Waals surface area contributed by atoms with Crippen LogP contribution in [-0.4, -0.2) is 42.8 Å². The average Bonchev–Trinajstić information content (AvgIpc) is 2.56. The second-order valence-corrected chi connectivity index (χ2v) is 5.49. The van der Waals surface area contributed by atoms with E-state index in [1.54, 1.807) is 18.3 Å². The zero-order valence-corrected chi connectivity index (χ0v) is 12.8. The number of carbonyl (C=O) groups excluding carboxylic acids is 1. The third kappa shape index (κ3) is 5.04. The molecule has 0 saturated carbocycles. The molecule has 6 nitrogen and oxygen atoms in total. The minimum Gasteiger partial charge on any atom is -0.369 e. The molecule has 122 valence electrons. The Morgan fingerprint density at radius 3 is 2.65 bits per heavy atom. The number of nitrogens with two attached hydrogens (primary N) is 1. The number of likely N-dealkylation sites (tertiary alicyclic amines) is 1. The Bertz CT molecular complexity index is 600. The molecule has 1 aliphatic rings. The van der Waals surface area contributed by atoms with Crippen LogP contribution < -0.4 is 11.1 Å². The number of hydrogen-bond acceptors (Lipinski definition) is 4. The van der Waals surface area contributed by atoms with E-state index in [1.807, 2.05) is 0 Å². The number of aliphatic imine (C=N–C) groups is 1. The predicted octanol–water partition coefficient (Wildman–Crippen LogP) is 1.11. The van der Waals surface area contributed by atoms with Gasteiger partial charge in [-0.1, -0.05) is 0 Å². The lowest BCUT2D eigenvalue weighted by Gasteiger charge is -2.30. The first-order chi connectivity index (χ1) is 11.1. The van der Waals surface area contributed by atoms with E-state index in [4.69, 9.17) is 11.0 Å². The van der Waals surface area contributed by atoms with E-state index in [0.29, 0.717) is 12.1 Å². The first-order valence-electron chi connectivity index (χ1n) is 7.57. The summed E-state index contributed by atoms with van der Waals surface area (Å²) in [6.07, 6.45) is 3.28. The minimum atomic E-state index is -0.331. The Morgan fingerprint density at radius 1 is 1.39 bits per heavy atom. The zero-order chi connectivity index (χ0) is 16.7. The Labute approximate surface area is 134 Å². The van der Waals surface area contributed by atoms with Crippen LogP contribution in [0.5, 0.6) is 0 Å². The monoisotopic (exact) mass is 317 g/mol. The van der Waals surface area contributed by atoms with Gasteiger partial charge in [-0.15, -0.1) is 0 Å². The Kier molecular flexibility index (Phi) is 6.06. The minimum absolute atomic E-state index is 0.00876. The number of ketones is 1. The third-order valence-corrected chi connectivity index (χ3v) is 3.97. The first kappa shape index (κ1) is 16.9. The maximum atomic E-state index is 12.9. The van der Waals surface area contributed by atoms with E-state index in [-0.39, 0.29) is 23.5 Å². The van der Waals surface area contributed by atoms with Crippen LogP contribution in [-0.2, 0) is 0 Å². The Morgan fingerprint density at radius 2 is 2.04 bits per heavy atom. The fourth-order valence-electron chi connectivity index (χ4n) is 2.68. The number of nitrogens with one attached hydrogen (secondary N) is 1. The number of rotatable bonds is 5. The summed E-state index contributed by atoms with van der Waals surface area (Å²) in [6.45, 7) is 2.89. The first-order valence-corrected chi connectivity index (χ1v) is 7.57. The Hall–Kier alpha value is -2.46. The average molecular weight is 317 g/mol. The second kappa shape index (κ2) is 8.25.